The Morgan fingerprint density at radius 2 is 2.09 bits per heavy atom. The molecule has 1 fully saturated rings. The van der Waals surface area contributed by atoms with Crippen LogP contribution in [0, 0.1) is 11.3 Å². The highest BCUT2D eigenvalue weighted by Crippen LogP contribution is 2.32. The van der Waals surface area contributed by atoms with Crippen molar-refractivity contribution in [2.75, 3.05) is 25.1 Å². The molecule has 1 atom stereocenters. The third-order valence-electron chi connectivity index (χ3n) is 6.02. The van der Waals surface area contributed by atoms with Gasteiger partial charge in [-0.1, -0.05) is 6.07 Å². The molecule has 0 aliphatic carbocycles. The minimum absolute atomic E-state index is 0. The van der Waals surface area contributed by atoms with Gasteiger partial charge in [0.25, 0.3) is 0 Å². The summed E-state index contributed by atoms with van der Waals surface area (Å²) in [5, 5.41) is 21.4. The number of aromatic nitrogens is 5. The number of hydrogen-bond acceptors (Lipinski definition) is 7. The summed E-state index contributed by atoms with van der Waals surface area (Å²) >= 11 is 0. The molecule has 1 aliphatic rings. The SMILES string of the molecule is COc1ccc(CC(=O)N[C@@H]2CCN(c3cc(-c4cnn(C)c4)cn4ncc(C#N)c34)C2)cn1.Cl. The zero-order valence-electron chi connectivity index (χ0n) is 19.4. The number of pyridine rings is 2. The van der Waals surface area contributed by atoms with Gasteiger partial charge in [-0.3, -0.25) is 9.48 Å². The van der Waals surface area contributed by atoms with Crippen molar-refractivity contribution in [2.24, 2.45) is 7.05 Å². The van der Waals surface area contributed by atoms with E-state index in [0.717, 1.165) is 40.9 Å². The molecule has 0 radical (unpaired) electrons. The van der Waals surface area contributed by atoms with E-state index in [9.17, 15) is 10.1 Å². The van der Waals surface area contributed by atoms with Crippen LogP contribution in [-0.4, -0.2) is 56.5 Å². The van der Waals surface area contributed by atoms with Gasteiger partial charge in [0.05, 0.1) is 37.2 Å². The van der Waals surface area contributed by atoms with Crippen molar-refractivity contribution >= 4 is 29.5 Å². The molecule has 4 aromatic rings. The zero-order valence-corrected chi connectivity index (χ0v) is 20.2. The van der Waals surface area contributed by atoms with E-state index in [1.54, 1.807) is 41.0 Å². The van der Waals surface area contributed by atoms with E-state index in [1.807, 2.05) is 25.5 Å². The Bertz CT molecular complexity index is 1390. The largest absolute Gasteiger partial charge is 0.481 e. The lowest BCUT2D eigenvalue weighted by molar-refractivity contribution is -0.121. The van der Waals surface area contributed by atoms with Crippen LogP contribution in [0.15, 0.2) is 49.2 Å². The second-order valence-electron chi connectivity index (χ2n) is 8.36. The van der Waals surface area contributed by atoms with Crippen LogP contribution in [0.1, 0.15) is 17.5 Å². The molecule has 0 bridgehead atoms. The van der Waals surface area contributed by atoms with Gasteiger partial charge in [-0.15, -0.1) is 12.4 Å². The van der Waals surface area contributed by atoms with Crippen molar-refractivity contribution in [2.45, 2.75) is 18.9 Å². The highest BCUT2D eigenvalue weighted by Gasteiger charge is 2.27. The number of carbonyl (C=O) groups is 1. The summed E-state index contributed by atoms with van der Waals surface area (Å²) in [4.78, 5) is 19.0. The maximum absolute atomic E-state index is 12.6. The van der Waals surface area contributed by atoms with Crippen molar-refractivity contribution in [3.63, 3.8) is 0 Å². The first-order valence-corrected chi connectivity index (χ1v) is 11.0. The number of carbonyl (C=O) groups excluding carboxylic acids is 1. The summed E-state index contributed by atoms with van der Waals surface area (Å²) in [6.45, 7) is 1.41. The summed E-state index contributed by atoms with van der Waals surface area (Å²) in [7, 11) is 3.44. The van der Waals surface area contributed by atoms with E-state index in [1.165, 1.54) is 0 Å². The lowest BCUT2D eigenvalue weighted by Gasteiger charge is -2.21. The minimum atomic E-state index is -0.0462. The average Bonchev–Trinajstić information content (AvgIpc) is 3.58. The number of nitrogens with one attached hydrogen (secondary N) is 1. The van der Waals surface area contributed by atoms with Gasteiger partial charge in [-0.2, -0.15) is 15.5 Å². The van der Waals surface area contributed by atoms with Gasteiger partial charge in [-0.05, 0) is 18.1 Å². The smallest absolute Gasteiger partial charge is 0.224 e. The number of fused-ring (bicyclic) bond motifs is 1. The third-order valence-corrected chi connectivity index (χ3v) is 6.02. The summed E-state index contributed by atoms with van der Waals surface area (Å²) in [6, 6.07) is 7.92. The van der Waals surface area contributed by atoms with Crippen molar-refractivity contribution in [1.29, 1.82) is 5.26 Å². The Morgan fingerprint density at radius 3 is 2.77 bits per heavy atom. The molecule has 0 spiro atoms. The topological polar surface area (TPSA) is 113 Å². The highest BCUT2D eigenvalue weighted by atomic mass is 35.5. The molecule has 0 aromatic carbocycles. The number of ether oxygens (including phenoxy) is 1. The van der Waals surface area contributed by atoms with E-state index in [2.05, 4.69) is 37.5 Å². The zero-order chi connectivity index (χ0) is 23.7. The molecular formula is C24H25ClN8O2. The molecule has 1 N–H and O–H groups in total. The lowest BCUT2D eigenvalue weighted by atomic mass is 10.1. The van der Waals surface area contributed by atoms with Crippen LogP contribution in [0.25, 0.3) is 16.6 Å². The van der Waals surface area contributed by atoms with Gasteiger partial charge in [0, 0.05) is 62.0 Å². The Kier molecular flexibility index (Phi) is 6.89. The number of nitrogens with zero attached hydrogens (tertiary/aromatic N) is 7. The van der Waals surface area contributed by atoms with E-state index >= 15 is 0 Å². The molecular weight excluding hydrogens is 468 g/mol. The number of nitriles is 1. The molecule has 11 heteroatoms. The van der Waals surface area contributed by atoms with Gasteiger partial charge in [0.15, 0.2) is 0 Å². The normalized spacial score (nSPS) is 15.0. The van der Waals surface area contributed by atoms with Gasteiger partial charge in [0.1, 0.15) is 11.6 Å². The summed E-state index contributed by atoms with van der Waals surface area (Å²) in [5.74, 6) is 0.474. The fraction of sp³-hybridized carbons (Fsp3) is 0.292. The van der Waals surface area contributed by atoms with E-state index in [4.69, 9.17) is 4.74 Å². The Morgan fingerprint density at radius 1 is 1.23 bits per heavy atom. The Labute approximate surface area is 208 Å². The molecule has 180 valence electrons. The molecule has 5 heterocycles. The first kappa shape index (κ1) is 24.0. The second kappa shape index (κ2) is 10.0. The molecule has 4 aromatic heterocycles. The van der Waals surface area contributed by atoms with Crippen LogP contribution in [0.2, 0.25) is 0 Å². The first-order chi connectivity index (χ1) is 16.5. The quantitative estimate of drug-likeness (QED) is 0.439. The number of amides is 1. The fourth-order valence-corrected chi connectivity index (χ4v) is 4.35. The average molecular weight is 493 g/mol. The molecule has 1 saturated heterocycles. The predicted octanol–water partition coefficient (Wildman–Crippen LogP) is 2.37. The van der Waals surface area contributed by atoms with Crippen molar-refractivity contribution in [3.8, 4) is 23.1 Å². The number of halogens is 1. The van der Waals surface area contributed by atoms with Crippen LogP contribution in [0.4, 0.5) is 5.69 Å². The standard InChI is InChI=1S/C24H24N8O2.ClH/c1-30-13-19(12-27-30)17-8-21(24-18(9-25)11-28-32(24)14-17)31-6-5-20(15-31)29-22(33)7-16-3-4-23(34-2)26-10-16;/h3-4,8,10-14,20H,5-7,15H2,1-2H3,(H,29,33);1H/t20-;/m1./s1. The summed E-state index contributed by atoms with van der Waals surface area (Å²) in [5.41, 5.74) is 4.97. The summed E-state index contributed by atoms with van der Waals surface area (Å²) < 4.78 is 8.57. The van der Waals surface area contributed by atoms with Crippen molar-refractivity contribution < 1.29 is 9.53 Å². The third kappa shape index (κ3) is 4.90. The number of rotatable bonds is 6. The van der Waals surface area contributed by atoms with Crippen molar-refractivity contribution in [3.05, 3.63) is 60.3 Å². The molecule has 1 amide bonds. The van der Waals surface area contributed by atoms with Gasteiger partial charge < -0.3 is 15.0 Å². The molecule has 5 rings (SSSR count). The Hall–Kier alpha value is -4.10. The molecule has 1 aliphatic heterocycles. The molecule has 0 saturated carbocycles. The van der Waals surface area contributed by atoms with E-state index < -0.39 is 0 Å². The minimum Gasteiger partial charge on any atom is -0.481 e. The van der Waals surface area contributed by atoms with Gasteiger partial charge >= 0.3 is 0 Å². The van der Waals surface area contributed by atoms with Crippen LogP contribution >= 0.6 is 12.4 Å². The number of methoxy groups -OCH3 is 1. The monoisotopic (exact) mass is 492 g/mol. The number of hydrogen-bond donors (Lipinski definition) is 1. The highest BCUT2D eigenvalue weighted by molar-refractivity contribution is 5.85. The number of anilines is 1. The maximum atomic E-state index is 12.6. The van der Waals surface area contributed by atoms with Crippen LogP contribution < -0.4 is 15.0 Å². The molecule has 35 heavy (non-hydrogen) atoms. The lowest BCUT2D eigenvalue weighted by Crippen LogP contribution is -2.38. The Balaban J connectivity index is 0.00000289. The van der Waals surface area contributed by atoms with E-state index in [-0.39, 0.29) is 30.8 Å². The van der Waals surface area contributed by atoms with Gasteiger partial charge in [-0.25, -0.2) is 9.50 Å². The fourth-order valence-electron chi connectivity index (χ4n) is 4.35. The van der Waals surface area contributed by atoms with Gasteiger partial charge in [0.2, 0.25) is 11.8 Å². The van der Waals surface area contributed by atoms with Crippen LogP contribution in [0.3, 0.4) is 0 Å². The van der Waals surface area contributed by atoms with Crippen LogP contribution in [-0.2, 0) is 18.3 Å². The van der Waals surface area contributed by atoms with Crippen LogP contribution in [0.5, 0.6) is 5.88 Å². The second-order valence-corrected chi connectivity index (χ2v) is 8.36. The predicted molar refractivity (Wildman–Crippen MR) is 133 cm³/mol. The number of aryl methyl sites for hydroxylation is 1. The van der Waals surface area contributed by atoms with Crippen molar-refractivity contribution in [1.82, 2.24) is 29.7 Å². The first-order valence-electron chi connectivity index (χ1n) is 11.0. The molecule has 10 nitrogen and oxygen atoms in total. The van der Waals surface area contributed by atoms with E-state index in [0.29, 0.717) is 18.0 Å². The maximum Gasteiger partial charge on any atom is 0.224 e. The molecule has 0 unspecified atom stereocenters. The summed E-state index contributed by atoms with van der Waals surface area (Å²) in [6.07, 6.45) is 9.98.